The van der Waals surface area contributed by atoms with Gasteiger partial charge in [-0.1, -0.05) is 54.6 Å². The summed E-state index contributed by atoms with van der Waals surface area (Å²) in [5, 5.41) is 8.62. The number of nitrogens with zero attached hydrogens (tertiary/aromatic N) is 2. The maximum atomic E-state index is 12.1. The zero-order valence-corrected chi connectivity index (χ0v) is 13.4. The van der Waals surface area contributed by atoms with Crippen molar-refractivity contribution in [2.24, 2.45) is 5.10 Å². The molecule has 3 aromatic carbocycles. The summed E-state index contributed by atoms with van der Waals surface area (Å²) in [6.45, 7) is 0. The van der Waals surface area contributed by atoms with Gasteiger partial charge in [-0.2, -0.15) is 5.10 Å². The van der Waals surface area contributed by atoms with Gasteiger partial charge in [0.25, 0.3) is 5.91 Å². The number of rotatable bonds is 3. The molecule has 4 aromatic rings. The van der Waals surface area contributed by atoms with Crippen LogP contribution >= 0.6 is 0 Å². The summed E-state index contributed by atoms with van der Waals surface area (Å²) in [6, 6.07) is 23.6. The zero-order valence-electron chi connectivity index (χ0n) is 13.4. The first-order valence-electron chi connectivity index (χ1n) is 7.98. The molecule has 0 aliphatic rings. The molecule has 0 radical (unpaired) electrons. The fraction of sp³-hybridized carbons (Fsp3) is 0. The predicted molar refractivity (Wildman–Crippen MR) is 101 cm³/mol. The molecule has 0 bridgehead atoms. The molecule has 0 saturated carbocycles. The highest BCUT2D eigenvalue weighted by Gasteiger charge is 2.07. The molecule has 0 aliphatic carbocycles. The lowest BCUT2D eigenvalue weighted by atomic mass is 9.97. The number of benzene rings is 3. The third-order valence-electron chi connectivity index (χ3n) is 4.07. The minimum Gasteiger partial charge on any atom is -0.266 e. The van der Waals surface area contributed by atoms with E-state index in [1.54, 1.807) is 30.6 Å². The highest BCUT2D eigenvalue weighted by atomic mass is 16.2. The monoisotopic (exact) mass is 325 g/mol. The average molecular weight is 325 g/mol. The number of hydrogen-bond donors (Lipinski definition) is 1. The highest BCUT2D eigenvalue weighted by Crippen LogP contribution is 2.27. The number of fused-ring (bicyclic) bond motifs is 2. The second-order valence-electron chi connectivity index (χ2n) is 5.65. The van der Waals surface area contributed by atoms with Crippen LogP contribution in [0.4, 0.5) is 0 Å². The van der Waals surface area contributed by atoms with Crippen molar-refractivity contribution in [3.63, 3.8) is 0 Å². The van der Waals surface area contributed by atoms with Crippen molar-refractivity contribution in [3.05, 3.63) is 90.3 Å². The van der Waals surface area contributed by atoms with Gasteiger partial charge in [0, 0.05) is 11.8 Å². The van der Waals surface area contributed by atoms with Crippen molar-refractivity contribution < 1.29 is 4.79 Å². The van der Waals surface area contributed by atoms with Crippen molar-refractivity contribution in [2.45, 2.75) is 0 Å². The summed E-state index contributed by atoms with van der Waals surface area (Å²) in [4.78, 5) is 16.1. The number of pyridine rings is 1. The molecule has 0 atom stereocenters. The van der Waals surface area contributed by atoms with Crippen LogP contribution in [0.1, 0.15) is 16.1 Å². The van der Waals surface area contributed by atoms with E-state index >= 15 is 0 Å². The lowest BCUT2D eigenvalue weighted by Crippen LogP contribution is -2.18. The van der Waals surface area contributed by atoms with Crippen molar-refractivity contribution in [2.75, 3.05) is 0 Å². The molecule has 4 nitrogen and oxygen atoms in total. The van der Waals surface area contributed by atoms with E-state index in [4.69, 9.17) is 0 Å². The van der Waals surface area contributed by atoms with Crippen LogP contribution in [0.5, 0.6) is 0 Å². The topological polar surface area (TPSA) is 54.4 Å². The molecule has 1 aromatic heterocycles. The molecule has 1 N–H and O–H groups in total. The zero-order chi connectivity index (χ0) is 17.1. The van der Waals surface area contributed by atoms with Crippen LogP contribution in [-0.4, -0.2) is 17.1 Å². The standard InChI is InChI=1S/C21H15N3O/c25-21(20-11-5-6-12-22-20)24-23-14-19-17-9-3-1-7-15(17)13-16-8-2-4-10-18(16)19/h1-14H,(H,24,25)/b23-14-. The van der Waals surface area contributed by atoms with E-state index in [0.717, 1.165) is 27.1 Å². The van der Waals surface area contributed by atoms with Gasteiger partial charge in [-0.25, -0.2) is 5.43 Å². The molecule has 1 amide bonds. The summed E-state index contributed by atoms with van der Waals surface area (Å²) in [5.41, 5.74) is 3.86. The van der Waals surface area contributed by atoms with Crippen LogP contribution in [0, 0.1) is 0 Å². The average Bonchev–Trinajstić information content (AvgIpc) is 2.68. The van der Waals surface area contributed by atoms with Gasteiger partial charge in [0.2, 0.25) is 0 Å². The summed E-state index contributed by atoms with van der Waals surface area (Å²) in [5.74, 6) is -0.332. The first-order chi connectivity index (χ1) is 12.3. The fourth-order valence-corrected chi connectivity index (χ4v) is 2.90. The summed E-state index contributed by atoms with van der Waals surface area (Å²) < 4.78 is 0. The Kier molecular flexibility index (Phi) is 3.92. The van der Waals surface area contributed by atoms with Gasteiger partial charge < -0.3 is 0 Å². The van der Waals surface area contributed by atoms with Crippen molar-refractivity contribution in [3.8, 4) is 0 Å². The van der Waals surface area contributed by atoms with Crippen LogP contribution in [0.25, 0.3) is 21.5 Å². The molecular weight excluding hydrogens is 310 g/mol. The molecule has 1 heterocycles. The van der Waals surface area contributed by atoms with E-state index in [1.807, 2.05) is 24.3 Å². The van der Waals surface area contributed by atoms with Crippen molar-refractivity contribution in [1.29, 1.82) is 0 Å². The molecule has 0 spiro atoms. The van der Waals surface area contributed by atoms with Gasteiger partial charge in [0.15, 0.2) is 0 Å². The third kappa shape index (κ3) is 2.97. The number of aromatic nitrogens is 1. The third-order valence-corrected chi connectivity index (χ3v) is 4.07. The molecule has 0 fully saturated rings. The second-order valence-corrected chi connectivity index (χ2v) is 5.65. The van der Waals surface area contributed by atoms with Gasteiger partial charge in [0.1, 0.15) is 5.69 Å². The second kappa shape index (κ2) is 6.53. The van der Waals surface area contributed by atoms with Gasteiger partial charge in [-0.15, -0.1) is 0 Å². The number of nitrogens with one attached hydrogen (secondary N) is 1. The van der Waals surface area contributed by atoms with Gasteiger partial charge in [0.05, 0.1) is 6.21 Å². The first-order valence-corrected chi connectivity index (χ1v) is 7.98. The fourth-order valence-electron chi connectivity index (χ4n) is 2.90. The Bertz CT molecular complexity index is 1030. The summed E-state index contributed by atoms with van der Waals surface area (Å²) >= 11 is 0. The predicted octanol–water partition coefficient (Wildman–Crippen LogP) is 4.15. The molecule has 4 rings (SSSR count). The SMILES string of the molecule is O=C(N/N=C\c1c2ccccc2cc2ccccc12)c1ccccn1. The van der Waals surface area contributed by atoms with E-state index in [-0.39, 0.29) is 5.91 Å². The molecule has 0 aliphatic heterocycles. The number of hydrazone groups is 1. The number of hydrogen-bond acceptors (Lipinski definition) is 3. The molecule has 4 heteroatoms. The molecule has 25 heavy (non-hydrogen) atoms. The maximum absolute atomic E-state index is 12.1. The Balaban J connectivity index is 1.73. The summed E-state index contributed by atoms with van der Waals surface area (Å²) in [6.07, 6.45) is 3.28. The van der Waals surface area contributed by atoms with E-state index in [0.29, 0.717) is 5.69 Å². The van der Waals surface area contributed by atoms with Crippen LogP contribution in [0.3, 0.4) is 0 Å². The number of amides is 1. The maximum Gasteiger partial charge on any atom is 0.289 e. The molecular formula is C21H15N3O. The quantitative estimate of drug-likeness (QED) is 0.349. The van der Waals surface area contributed by atoms with E-state index in [1.165, 1.54) is 0 Å². The molecule has 0 saturated heterocycles. The van der Waals surface area contributed by atoms with Crippen LogP contribution in [0.2, 0.25) is 0 Å². The van der Waals surface area contributed by atoms with Crippen molar-refractivity contribution in [1.82, 2.24) is 10.4 Å². The lowest BCUT2D eigenvalue weighted by molar-refractivity contribution is 0.0950. The van der Waals surface area contributed by atoms with Gasteiger partial charge >= 0.3 is 0 Å². The largest absolute Gasteiger partial charge is 0.289 e. The normalized spacial score (nSPS) is 11.2. The minimum atomic E-state index is -0.332. The highest BCUT2D eigenvalue weighted by molar-refractivity contribution is 6.13. The van der Waals surface area contributed by atoms with Crippen molar-refractivity contribution >= 4 is 33.7 Å². The Hall–Kier alpha value is -3.53. The van der Waals surface area contributed by atoms with Crippen LogP contribution in [-0.2, 0) is 0 Å². The number of carbonyl (C=O) groups is 1. The lowest BCUT2D eigenvalue weighted by Gasteiger charge is -2.07. The van der Waals surface area contributed by atoms with Gasteiger partial charge in [-0.3, -0.25) is 9.78 Å². The Morgan fingerprint density at radius 2 is 1.52 bits per heavy atom. The van der Waals surface area contributed by atoms with E-state index in [2.05, 4.69) is 45.8 Å². The summed E-state index contributed by atoms with van der Waals surface area (Å²) in [7, 11) is 0. The van der Waals surface area contributed by atoms with E-state index < -0.39 is 0 Å². The minimum absolute atomic E-state index is 0.332. The first kappa shape index (κ1) is 15.0. The van der Waals surface area contributed by atoms with E-state index in [9.17, 15) is 4.79 Å². The Morgan fingerprint density at radius 1 is 0.880 bits per heavy atom. The number of carbonyl (C=O) groups excluding carboxylic acids is 1. The Morgan fingerprint density at radius 3 is 2.16 bits per heavy atom. The van der Waals surface area contributed by atoms with Crippen LogP contribution in [0.15, 0.2) is 84.1 Å². The van der Waals surface area contributed by atoms with Gasteiger partial charge in [-0.05, 0) is 39.7 Å². The Labute approximate surface area is 144 Å². The molecule has 120 valence electrons. The smallest absolute Gasteiger partial charge is 0.266 e. The van der Waals surface area contributed by atoms with Crippen LogP contribution < -0.4 is 5.43 Å². The molecule has 0 unspecified atom stereocenters.